The predicted molar refractivity (Wildman–Crippen MR) is 147 cm³/mol. The van der Waals surface area contributed by atoms with Gasteiger partial charge in [-0.1, -0.05) is 18.1 Å². The fraction of sp³-hybridized carbons (Fsp3) is 0.480. The fourth-order valence-electron chi connectivity index (χ4n) is 4.62. The number of hydrogen-bond acceptors (Lipinski definition) is 10. The lowest BCUT2D eigenvalue weighted by atomic mass is 9.99. The van der Waals surface area contributed by atoms with Crippen LogP contribution in [0.4, 0.5) is 5.69 Å². The summed E-state index contributed by atoms with van der Waals surface area (Å²) < 4.78 is 69.7. The Hall–Kier alpha value is -3.47. The van der Waals surface area contributed by atoms with Crippen LogP contribution in [0, 0.1) is 19.8 Å². The molecule has 3 heterocycles. The maximum atomic E-state index is 13.7. The van der Waals surface area contributed by atoms with Crippen LogP contribution < -0.4 is 9.46 Å². The number of ether oxygens (including phenoxy) is 1. The summed E-state index contributed by atoms with van der Waals surface area (Å²) in [6, 6.07) is 3.87. The van der Waals surface area contributed by atoms with Crippen molar-refractivity contribution in [3.05, 3.63) is 47.7 Å². The van der Waals surface area contributed by atoms with E-state index in [4.69, 9.17) is 9.26 Å². The number of sulfonamides is 2. The van der Waals surface area contributed by atoms with E-state index < -0.39 is 44.0 Å². The minimum absolute atomic E-state index is 0.0200. The van der Waals surface area contributed by atoms with Crippen LogP contribution in [0.25, 0.3) is 0 Å². The Morgan fingerprint density at radius 3 is 2.54 bits per heavy atom. The molecule has 41 heavy (non-hydrogen) atoms. The molecule has 0 aliphatic carbocycles. The number of hydrogen-bond donors (Lipinski definition) is 2. The molecule has 2 aromatic heterocycles. The van der Waals surface area contributed by atoms with Crippen LogP contribution in [-0.2, 0) is 27.1 Å². The molecule has 1 aliphatic heterocycles. The number of nitrogens with zero attached hydrogens (tertiary/aromatic N) is 5. The van der Waals surface area contributed by atoms with Gasteiger partial charge in [0.1, 0.15) is 16.7 Å². The molecule has 2 N–H and O–H groups in total. The predicted octanol–water partition coefficient (Wildman–Crippen LogP) is 1.37. The number of aliphatic hydroxyl groups excluding tert-OH is 1. The number of aryl methyl sites for hydroxylation is 3. The number of imidazole rings is 1. The number of benzene rings is 1. The van der Waals surface area contributed by atoms with Crippen LogP contribution in [0.2, 0.25) is 0 Å². The number of aliphatic hydroxyl groups is 1. The van der Waals surface area contributed by atoms with Gasteiger partial charge in [0.15, 0.2) is 16.5 Å². The second-order valence-corrected chi connectivity index (χ2v) is 13.8. The number of amides is 1. The number of nitrogens with one attached hydrogen (secondary N) is 1. The minimum Gasteiger partial charge on any atom is -0.486 e. The van der Waals surface area contributed by atoms with Crippen LogP contribution in [0.5, 0.6) is 5.75 Å². The molecule has 3 aromatic rings. The molecule has 0 radical (unpaired) electrons. The highest BCUT2D eigenvalue weighted by Crippen LogP contribution is 2.36. The van der Waals surface area contributed by atoms with Gasteiger partial charge in [0, 0.05) is 32.8 Å². The molecule has 0 saturated carbocycles. The number of carbonyl (C=O) groups excluding carboxylic acids is 1. The van der Waals surface area contributed by atoms with Gasteiger partial charge in [-0.15, -0.1) is 0 Å². The Morgan fingerprint density at radius 1 is 1.24 bits per heavy atom. The van der Waals surface area contributed by atoms with Gasteiger partial charge in [0.2, 0.25) is 10.0 Å². The number of para-hydroxylation sites is 1. The number of aromatic nitrogens is 3. The summed E-state index contributed by atoms with van der Waals surface area (Å²) in [5.41, 5.74) is 0.249. The second kappa shape index (κ2) is 11.4. The monoisotopic (exact) mass is 610 g/mol. The maximum Gasteiger partial charge on any atom is 0.281 e. The third kappa shape index (κ3) is 5.95. The molecule has 0 bridgehead atoms. The summed E-state index contributed by atoms with van der Waals surface area (Å²) in [5, 5.41) is 13.4. The molecule has 0 spiro atoms. The van der Waals surface area contributed by atoms with E-state index in [2.05, 4.69) is 14.9 Å². The van der Waals surface area contributed by atoms with Crippen molar-refractivity contribution in [3.8, 4) is 5.75 Å². The van der Waals surface area contributed by atoms with E-state index in [-0.39, 0.29) is 58.1 Å². The summed E-state index contributed by atoms with van der Waals surface area (Å²) in [6.45, 7) is 6.19. The molecule has 14 nitrogen and oxygen atoms in total. The minimum atomic E-state index is -4.17. The molecule has 4 rings (SSSR count). The summed E-state index contributed by atoms with van der Waals surface area (Å²) in [7, 11) is -5.19. The van der Waals surface area contributed by atoms with E-state index in [9.17, 15) is 26.7 Å². The fourth-order valence-corrected chi connectivity index (χ4v) is 7.13. The molecule has 0 saturated heterocycles. The Morgan fingerprint density at radius 2 is 1.95 bits per heavy atom. The van der Waals surface area contributed by atoms with Gasteiger partial charge in [-0.3, -0.25) is 9.52 Å². The molecule has 3 atom stereocenters. The van der Waals surface area contributed by atoms with Crippen molar-refractivity contribution < 1.29 is 36.0 Å². The molecular weight excluding hydrogens is 576 g/mol. The maximum absolute atomic E-state index is 13.7. The summed E-state index contributed by atoms with van der Waals surface area (Å²) >= 11 is 0. The van der Waals surface area contributed by atoms with Gasteiger partial charge in [-0.05, 0) is 32.9 Å². The summed E-state index contributed by atoms with van der Waals surface area (Å²) in [6.07, 6.45) is 1.83. The highest BCUT2D eigenvalue weighted by molar-refractivity contribution is 7.92. The summed E-state index contributed by atoms with van der Waals surface area (Å²) in [4.78, 5) is 19.0. The molecular formula is C25H34N6O8S2. The SMILES string of the molecule is Cc1noc(C)c1S(=O)(=O)N(C)C[C@@H]1Oc2c(NS(=O)(=O)c3cn(C)cn3)cccc2C(=O)N([C@@H](C)CO)C[C@@H]1C. The van der Waals surface area contributed by atoms with Crippen molar-refractivity contribution in [1.82, 2.24) is 23.9 Å². The third-order valence-electron chi connectivity index (χ3n) is 6.97. The van der Waals surface area contributed by atoms with E-state index in [0.717, 1.165) is 4.31 Å². The van der Waals surface area contributed by atoms with Gasteiger partial charge >= 0.3 is 0 Å². The standard InChI is InChI=1S/C25H34N6O8S2/c1-15-10-31(16(2)13-32)25(33)19-8-7-9-20(28-40(34,35)22-12-29(5)14-26-22)23(19)38-21(15)11-30(6)41(36,37)24-17(3)27-39-18(24)4/h7-9,12,14-16,21,28,32H,10-11,13H2,1-6H3/t15-,16-,21-/m0/s1. The van der Waals surface area contributed by atoms with E-state index in [1.807, 2.05) is 0 Å². The third-order valence-corrected chi connectivity index (χ3v) is 10.3. The van der Waals surface area contributed by atoms with Crippen LogP contribution in [0.15, 0.2) is 45.2 Å². The molecule has 0 fully saturated rings. The highest BCUT2D eigenvalue weighted by Gasteiger charge is 2.37. The average molecular weight is 611 g/mol. The lowest BCUT2D eigenvalue weighted by Gasteiger charge is -2.38. The number of fused-ring (bicyclic) bond motifs is 1. The number of likely N-dealkylation sites (N-methyl/N-ethyl adjacent to an activating group) is 1. The normalized spacial score (nSPS) is 18.9. The zero-order valence-electron chi connectivity index (χ0n) is 23.6. The second-order valence-electron chi connectivity index (χ2n) is 10.2. The first-order valence-electron chi connectivity index (χ1n) is 12.8. The van der Waals surface area contributed by atoms with Crippen LogP contribution in [0.3, 0.4) is 0 Å². The lowest BCUT2D eigenvalue weighted by molar-refractivity contribution is 0.0389. The van der Waals surface area contributed by atoms with Crippen molar-refractivity contribution in [1.29, 1.82) is 0 Å². The van der Waals surface area contributed by atoms with Gasteiger partial charge in [-0.25, -0.2) is 13.4 Å². The molecule has 224 valence electrons. The van der Waals surface area contributed by atoms with Crippen molar-refractivity contribution in [2.24, 2.45) is 13.0 Å². The first-order valence-corrected chi connectivity index (χ1v) is 15.7. The average Bonchev–Trinajstić information content (AvgIpc) is 3.50. The van der Waals surface area contributed by atoms with Gasteiger partial charge < -0.3 is 23.8 Å². The zero-order chi connectivity index (χ0) is 30.3. The molecule has 1 aliphatic rings. The smallest absolute Gasteiger partial charge is 0.281 e. The van der Waals surface area contributed by atoms with Crippen LogP contribution >= 0.6 is 0 Å². The van der Waals surface area contributed by atoms with E-state index in [1.54, 1.807) is 20.9 Å². The summed E-state index contributed by atoms with van der Waals surface area (Å²) in [5.74, 6) is -0.829. The first kappa shape index (κ1) is 30.5. The Labute approximate surface area is 239 Å². The van der Waals surface area contributed by atoms with Crippen LogP contribution in [-0.4, -0.2) is 90.7 Å². The Kier molecular flexibility index (Phi) is 8.50. The number of carbonyl (C=O) groups is 1. The molecule has 16 heteroatoms. The number of rotatable bonds is 9. The molecule has 0 unspecified atom stereocenters. The van der Waals surface area contributed by atoms with Crippen molar-refractivity contribution >= 4 is 31.6 Å². The van der Waals surface area contributed by atoms with Crippen molar-refractivity contribution in [2.45, 2.75) is 49.8 Å². The van der Waals surface area contributed by atoms with Gasteiger partial charge in [0.05, 0.1) is 36.8 Å². The number of anilines is 1. The molecule has 1 aromatic carbocycles. The van der Waals surface area contributed by atoms with Crippen molar-refractivity contribution in [3.63, 3.8) is 0 Å². The lowest BCUT2D eigenvalue weighted by Crippen LogP contribution is -2.50. The highest BCUT2D eigenvalue weighted by atomic mass is 32.2. The van der Waals surface area contributed by atoms with Gasteiger partial charge in [0.25, 0.3) is 15.9 Å². The van der Waals surface area contributed by atoms with Crippen molar-refractivity contribution in [2.75, 3.05) is 31.5 Å². The van der Waals surface area contributed by atoms with E-state index >= 15 is 0 Å². The Bertz CT molecular complexity index is 1630. The topological polar surface area (TPSA) is 177 Å². The first-order chi connectivity index (χ1) is 19.2. The zero-order valence-corrected chi connectivity index (χ0v) is 25.2. The van der Waals surface area contributed by atoms with Crippen LogP contribution in [0.1, 0.15) is 35.7 Å². The van der Waals surface area contributed by atoms with E-state index in [1.165, 1.54) is 61.1 Å². The quantitative estimate of drug-likeness (QED) is 0.360. The largest absolute Gasteiger partial charge is 0.486 e. The Balaban J connectivity index is 1.78. The van der Waals surface area contributed by atoms with E-state index in [0.29, 0.717) is 0 Å². The van der Waals surface area contributed by atoms with Gasteiger partial charge in [-0.2, -0.15) is 12.7 Å². The molecule has 1 amide bonds.